The van der Waals surface area contributed by atoms with Gasteiger partial charge in [0.15, 0.2) is 0 Å². The van der Waals surface area contributed by atoms with E-state index in [0.29, 0.717) is 24.6 Å². The summed E-state index contributed by atoms with van der Waals surface area (Å²) in [4.78, 5) is 23.2. The molecule has 7 nitrogen and oxygen atoms in total. The summed E-state index contributed by atoms with van der Waals surface area (Å²) >= 11 is 0. The van der Waals surface area contributed by atoms with E-state index in [-0.39, 0.29) is 6.03 Å². The maximum atomic E-state index is 12.2. The zero-order valence-corrected chi connectivity index (χ0v) is 14.4. The molecule has 2 heterocycles. The third-order valence-corrected chi connectivity index (χ3v) is 3.95. The van der Waals surface area contributed by atoms with Gasteiger partial charge in [-0.1, -0.05) is 12.1 Å². The summed E-state index contributed by atoms with van der Waals surface area (Å²) in [5, 5.41) is 5.63. The first-order valence-corrected chi connectivity index (χ1v) is 8.60. The fourth-order valence-corrected chi connectivity index (χ4v) is 2.74. The van der Waals surface area contributed by atoms with Crippen molar-refractivity contribution in [3.63, 3.8) is 0 Å². The van der Waals surface area contributed by atoms with Gasteiger partial charge in [-0.15, -0.1) is 0 Å². The predicted octanol–water partition coefficient (Wildman–Crippen LogP) is 2.80. The number of carbonyl (C=O) groups is 1. The molecule has 3 rings (SSSR count). The van der Waals surface area contributed by atoms with E-state index in [0.717, 1.165) is 24.7 Å². The van der Waals surface area contributed by atoms with Gasteiger partial charge in [0.05, 0.1) is 24.5 Å². The van der Waals surface area contributed by atoms with Gasteiger partial charge < -0.3 is 20.3 Å². The summed E-state index contributed by atoms with van der Waals surface area (Å²) in [6.45, 7) is 4.77. The number of nitrogens with zero attached hydrogens (tertiary/aromatic N) is 3. The Morgan fingerprint density at radius 3 is 2.84 bits per heavy atom. The molecule has 1 aromatic heterocycles. The van der Waals surface area contributed by atoms with Gasteiger partial charge in [-0.3, -0.25) is 0 Å². The quantitative estimate of drug-likeness (QED) is 0.844. The number of urea groups is 1. The smallest absolute Gasteiger partial charge is 0.319 e. The van der Waals surface area contributed by atoms with Crippen molar-refractivity contribution in [3.05, 3.63) is 42.2 Å². The van der Waals surface area contributed by atoms with Crippen LogP contribution < -0.4 is 20.3 Å². The van der Waals surface area contributed by atoms with Crippen LogP contribution in [0.2, 0.25) is 0 Å². The molecular weight excluding hydrogens is 318 g/mol. The molecule has 25 heavy (non-hydrogen) atoms. The zero-order chi connectivity index (χ0) is 17.5. The highest BCUT2D eigenvalue weighted by molar-refractivity contribution is 5.90. The lowest BCUT2D eigenvalue weighted by atomic mass is 10.3. The Hall–Kier alpha value is -2.83. The third kappa shape index (κ3) is 4.59. The normalized spacial score (nSPS) is 13.6. The van der Waals surface area contributed by atoms with Crippen LogP contribution in [0.4, 0.5) is 16.4 Å². The Kier molecular flexibility index (Phi) is 5.66. The highest BCUT2D eigenvalue weighted by atomic mass is 16.5. The van der Waals surface area contributed by atoms with Crippen molar-refractivity contribution in [2.24, 2.45) is 0 Å². The number of ether oxygens (including phenoxy) is 1. The molecule has 1 aromatic carbocycles. The van der Waals surface area contributed by atoms with Crippen molar-refractivity contribution in [1.29, 1.82) is 0 Å². The molecule has 0 saturated carbocycles. The van der Waals surface area contributed by atoms with Crippen LogP contribution in [-0.2, 0) is 6.54 Å². The molecule has 2 N–H and O–H groups in total. The SMILES string of the molecule is CCOc1ccccc1NC(=O)NCc1ccnc(N2CCCC2)n1. The topological polar surface area (TPSA) is 79.4 Å². The number of anilines is 2. The molecule has 1 aliphatic rings. The van der Waals surface area contributed by atoms with Crippen LogP contribution in [-0.4, -0.2) is 35.7 Å². The highest BCUT2D eigenvalue weighted by Crippen LogP contribution is 2.23. The molecule has 0 spiro atoms. The maximum absolute atomic E-state index is 12.2. The van der Waals surface area contributed by atoms with Crippen molar-refractivity contribution in [2.75, 3.05) is 29.9 Å². The predicted molar refractivity (Wildman–Crippen MR) is 96.9 cm³/mol. The standard InChI is InChI=1S/C18H23N5O2/c1-2-25-16-8-4-3-7-15(16)22-18(24)20-13-14-9-10-19-17(21-14)23-11-5-6-12-23/h3-4,7-10H,2,5-6,11-13H2,1H3,(H2,20,22,24). The Morgan fingerprint density at radius 2 is 2.04 bits per heavy atom. The van der Waals surface area contributed by atoms with E-state index in [4.69, 9.17) is 4.74 Å². The minimum atomic E-state index is -0.298. The van der Waals surface area contributed by atoms with E-state index in [1.807, 2.05) is 31.2 Å². The van der Waals surface area contributed by atoms with Gasteiger partial charge in [-0.2, -0.15) is 0 Å². The van der Waals surface area contributed by atoms with Crippen LogP contribution in [0.15, 0.2) is 36.5 Å². The second-order valence-electron chi connectivity index (χ2n) is 5.78. The van der Waals surface area contributed by atoms with Gasteiger partial charge in [-0.25, -0.2) is 14.8 Å². The Morgan fingerprint density at radius 1 is 1.24 bits per heavy atom. The average molecular weight is 341 g/mol. The van der Waals surface area contributed by atoms with E-state index < -0.39 is 0 Å². The van der Waals surface area contributed by atoms with E-state index in [2.05, 4.69) is 25.5 Å². The molecule has 0 atom stereocenters. The molecule has 1 fully saturated rings. The van der Waals surface area contributed by atoms with Crippen molar-refractivity contribution in [3.8, 4) is 5.75 Å². The molecule has 132 valence electrons. The van der Waals surface area contributed by atoms with Gasteiger partial charge in [0.25, 0.3) is 0 Å². The van der Waals surface area contributed by atoms with Gasteiger partial charge in [0.1, 0.15) is 5.75 Å². The van der Waals surface area contributed by atoms with E-state index >= 15 is 0 Å². The summed E-state index contributed by atoms with van der Waals surface area (Å²) < 4.78 is 5.50. The zero-order valence-electron chi connectivity index (χ0n) is 14.4. The van der Waals surface area contributed by atoms with Gasteiger partial charge >= 0.3 is 6.03 Å². The molecule has 1 saturated heterocycles. The molecule has 7 heteroatoms. The number of hydrogen-bond acceptors (Lipinski definition) is 5. The largest absolute Gasteiger partial charge is 0.492 e. The Balaban J connectivity index is 1.56. The number of carbonyl (C=O) groups excluding carboxylic acids is 1. The first kappa shape index (κ1) is 17.0. The number of rotatable bonds is 6. The Labute approximate surface area is 147 Å². The van der Waals surface area contributed by atoms with Gasteiger partial charge in [-0.05, 0) is 38.0 Å². The monoisotopic (exact) mass is 341 g/mol. The molecular formula is C18H23N5O2. The average Bonchev–Trinajstić information content (AvgIpc) is 3.17. The lowest BCUT2D eigenvalue weighted by Crippen LogP contribution is -2.29. The highest BCUT2D eigenvalue weighted by Gasteiger charge is 2.15. The minimum Gasteiger partial charge on any atom is -0.492 e. The summed E-state index contributed by atoms with van der Waals surface area (Å²) in [5.74, 6) is 1.39. The molecule has 1 aliphatic heterocycles. The summed E-state index contributed by atoms with van der Waals surface area (Å²) in [5.41, 5.74) is 1.42. The summed E-state index contributed by atoms with van der Waals surface area (Å²) in [6.07, 6.45) is 4.08. The molecule has 0 bridgehead atoms. The number of nitrogens with one attached hydrogen (secondary N) is 2. The number of aromatic nitrogens is 2. The van der Waals surface area contributed by atoms with Crippen LogP contribution in [0.1, 0.15) is 25.5 Å². The number of amides is 2. The van der Waals surface area contributed by atoms with Crippen molar-refractivity contribution < 1.29 is 9.53 Å². The lowest BCUT2D eigenvalue weighted by Gasteiger charge is -2.15. The first-order valence-electron chi connectivity index (χ1n) is 8.60. The van der Waals surface area contributed by atoms with E-state index in [1.54, 1.807) is 12.3 Å². The van der Waals surface area contributed by atoms with Crippen molar-refractivity contribution in [2.45, 2.75) is 26.3 Å². The second-order valence-corrected chi connectivity index (χ2v) is 5.78. The van der Waals surface area contributed by atoms with Crippen LogP contribution >= 0.6 is 0 Å². The molecule has 2 aromatic rings. The fraction of sp³-hybridized carbons (Fsp3) is 0.389. The van der Waals surface area contributed by atoms with Crippen LogP contribution in [0.5, 0.6) is 5.75 Å². The van der Waals surface area contributed by atoms with Gasteiger partial charge in [0.2, 0.25) is 5.95 Å². The minimum absolute atomic E-state index is 0.298. The molecule has 0 radical (unpaired) electrons. The number of benzene rings is 1. The van der Waals surface area contributed by atoms with Crippen LogP contribution in [0.3, 0.4) is 0 Å². The van der Waals surface area contributed by atoms with Crippen LogP contribution in [0, 0.1) is 0 Å². The number of hydrogen-bond donors (Lipinski definition) is 2. The van der Waals surface area contributed by atoms with Gasteiger partial charge in [0, 0.05) is 19.3 Å². The fourth-order valence-electron chi connectivity index (χ4n) is 2.74. The molecule has 2 amide bonds. The van der Waals surface area contributed by atoms with E-state index in [1.165, 1.54) is 12.8 Å². The van der Waals surface area contributed by atoms with Crippen molar-refractivity contribution in [1.82, 2.24) is 15.3 Å². The van der Waals surface area contributed by atoms with Crippen molar-refractivity contribution >= 4 is 17.7 Å². The summed E-state index contributed by atoms with van der Waals surface area (Å²) in [6, 6.07) is 8.87. The lowest BCUT2D eigenvalue weighted by molar-refractivity contribution is 0.251. The summed E-state index contributed by atoms with van der Waals surface area (Å²) in [7, 11) is 0. The molecule has 0 unspecified atom stereocenters. The molecule has 0 aliphatic carbocycles. The second kappa shape index (κ2) is 8.32. The van der Waals surface area contributed by atoms with Crippen LogP contribution in [0.25, 0.3) is 0 Å². The third-order valence-electron chi connectivity index (χ3n) is 3.95. The van der Waals surface area contributed by atoms with E-state index in [9.17, 15) is 4.79 Å². The first-order chi connectivity index (χ1) is 12.3. The maximum Gasteiger partial charge on any atom is 0.319 e. The number of para-hydroxylation sites is 2. The Bertz CT molecular complexity index is 716.